The van der Waals surface area contributed by atoms with Crippen LogP contribution in [0.3, 0.4) is 0 Å². The maximum atomic E-state index is 13.9. The third kappa shape index (κ3) is 3.73. The zero-order chi connectivity index (χ0) is 18.8. The molecule has 6 nitrogen and oxygen atoms in total. The van der Waals surface area contributed by atoms with Crippen LogP contribution < -0.4 is 4.74 Å². The van der Waals surface area contributed by atoms with Gasteiger partial charge in [0.15, 0.2) is 6.79 Å². The fourth-order valence-corrected chi connectivity index (χ4v) is 3.99. The summed E-state index contributed by atoms with van der Waals surface area (Å²) in [7, 11) is -1.61. The predicted octanol–water partition coefficient (Wildman–Crippen LogP) is 3.75. The van der Waals surface area contributed by atoms with Gasteiger partial charge in [-0.3, -0.25) is 14.3 Å². The molecule has 0 radical (unpaired) electrons. The van der Waals surface area contributed by atoms with Gasteiger partial charge in [-0.2, -0.15) is 0 Å². The molecule has 26 heavy (non-hydrogen) atoms. The summed E-state index contributed by atoms with van der Waals surface area (Å²) in [6.07, 6.45) is 0. The molecular formula is C17H15F2NO5S. The summed E-state index contributed by atoms with van der Waals surface area (Å²) in [5.41, 5.74) is 0.849. The maximum absolute atomic E-state index is 13.9. The van der Waals surface area contributed by atoms with Gasteiger partial charge in [-0.15, -0.1) is 0 Å². The molecule has 0 amide bonds. The number of hydrogen-bond acceptors (Lipinski definition) is 5. The van der Waals surface area contributed by atoms with E-state index in [-0.39, 0.29) is 30.4 Å². The number of non-ortho nitro benzene ring substituents is 1. The minimum atomic E-state index is -1.61. The van der Waals surface area contributed by atoms with Crippen LogP contribution in [0.5, 0.6) is 5.75 Å². The first-order valence-corrected chi connectivity index (χ1v) is 9.08. The number of hydrogen-bond donors (Lipinski definition) is 0. The van der Waals surface area contributed by atoms with E-state index in [1.165, 1.54) is 18.2 Å². The van der Waals surface area contributed by atoms with E-state index < -0.39 is 32.6 Å². The van der Waals surface area contributed by atoms with Gasteiger partial charge >= 0.3 is 0 Å². The van der Waals surface area contributed by atoms with Crippen molar-refractivity contribution in [2.75, 3.05) is 6.79 Å². The van der Waals surface area contributed by atoms with Gasteiger partial charge in [0.1, 0.15) is 17.4 Å². The molecule has 9 heteroatoms. The number of ether oxygens (including phenoxy) is 2. The van der Waals surface area contributed by atoms with Crippen LogP contribution in [0.4, 0.5) is 14.5 Å². The Morgan fingerprint density at radius 1 is 1.31 bits per heavy atom. The van der Waals surface area contributed by atoms with E-state index in [4.69, 9.17) is 9.47 Å². The smallest absolute Gasteiger partial charge is 0.270 e. The fraction of sp³-hybridized carbons (Fsp3) is 0.294. The van der Waals surface area contributed by atoms with Crippen LogP contribution in [0.2, 0.25) is 0 Å². The van der Waals surface area contributed by atoms with Crippen LogP contribution in [0, 0.1) is 21.7 Å². The van der Waals surface area contributed by atoms with Crippen LogP contribution >= 0.6 is 0 Å². The normalized spacial score (nSPS) is 15.7. The van der Waals surface area contributed by atoms with E-state index >= 15 is 0 Å². The lowest BCUT2D eigenvalue weighted by molar-refractivity contribution is -0.385. The Bertz CT molecular complexity index is 890. The Balaban J connectivity index is 1.91. The van der Waals surface area contributed by atoms with Gasteiger partial charge in [0.05, 0.1) is 22.5 Å². The first kappa shape index (κ1) is 18.4. The van der Waals surface area contributed by atoms with Crippen molar-refractivity contribution in [3.05, 3.63) is 68.8 Å². The Morgan fingerprint density at radius 3 is 2.77 bits per heavy atom. The van der Waals surface area contributed by atoms with E-state index in [0.29, 0.717) is 16.9 Å². The number of nitro groups is 1. The number of fused-ring (bicyclic) bond motifs is 1. The number of nitro benzene ring substituents is 1. The van der Waals surface area contributed by atoms with Crippen LogP contribution in [0.15, 0.2) is 30.3 Å². The van der Waals surface area contributed by atoms with Gasteiger partial charge in [0.25, 0.3) is 5.69 Å². The van der Waals surface area contributed by atoms with E-state index in [1.54, 1.807) is 6.92 Å². The lowest BCUT2D eigenvalue weighted by Gasteiger charge is -2.21. The Morgan fingerprint density at radius 2 is 2.08 bits per heavy atom. The molecule has 0 bridgehead atoms. The summed E-state index contributed by atoms with van der Waals surface area (Å²) in [6.45, 7) is 1.70. The van der Waals surface area contributed by atoms with Gasteiger partial charge in [-0.1, -0.05) is 6.07 Å². The van der Waals surface area contributed by atoms with Gasteiger partial charge in [-0.05, 0) is 13.0 Å². The second-order valence-corrected chi connectivity index (χ2v) is 7.55. The third-order valence-electron chi connectivity index (χ3n) is 4.08. The largest absolute Gasteiger partial charge is 0.467 e. The summed E-state index contributed by atoms with van der Waals surface area (Å²) in [5.74, 6) is -1.16. The summed E-state index contributed by atoms with van der Waals surface area (Å²) in [6, 6.07) is 5.74. The Labute approximate surface area is 150 Å². The fourth-order valence-electron chi connectivity index (χ4n) is 2.74. The number of benzene rings is 2. The van der Waals surface area contributed by atoms with Crippen molar-refractivity contribution in [2.24, 2.45) is 0 Å². The lowest BCUT2D eigenvalue weighted by atomic mass is 10.1. The minimum Gasteiger partial charge on any atom is -0.467 e. The first-order valence-electron chi connectivity index (χ1n) is 7.69. The highest BCUT2D eigenvalue weighted by Gasteiger charge is 2.25. The molecule has 0 saturated carbocycles. The molecule has 138 valence electrons. The van der Waals surface area contributed by atoms with Crippen molar-refractivity contribution in [1.29, 1.82) is 0 Å². The molecule has 2 aromatic carbocycles. The summed E-state index contributed by atoms with van der Waals surface area (Å²) in [4.78, 5) is 10.6. The minimum absolute atomic E-state index is 0.00735. The molecule has 1 heterocycles. The molecule has 2 aromatic rings. The number of nitrogens with zero attached hydrogens (tertiary/aromatic N) is 1. The number of halogens is 2. The molecule has 2 atom stereocenters. The maximum Gasteiger partial charge on any atom is 0.270 e. The SMILES string of the molecule is C[C@H](c1ccc(F)cc1F)[S@@](=O)Cc1cc([N+](=O)[O-])cc2c1OCOC2. The van der Waals surface area contributed by atoms with Crippen molar-refractivity contribution in [3.63, 3.8) is 0 Å². The standard InChI is InChI=1S/C17H15F2NO5S/c1-10(15-3-2-13(18)6-16(15)19)26(23)8-12-5-14(20(21)22)4-11-7-24-9-25-17(11)12/h2-6,10H,7-9H2,1H3/t10-,26+/m1/s1. The average Bonchev–Trinajstić information content (AvgIpc) is 2.61. The van der Waals surface area contributed by atoms with E-state index in [2.05, 4.69) is 0 Å². The highest BCUT2D eigenvalue weighted by molar-refractivity contribution is 7.84. The Hall–Kier alpha value is -2.39. The summed E-state index contributed by atoms with van der Waals surface area (Å²) >= 11 is 0. The van der Waals surface area contributed by atoms with Crippen LogP contribution in [0.25, 0.3) is 0 Å². The van der Waals surface area contributed by atoms with Gasteiger partial charge in [0.2, 0.25) is 0 Å². The highest BCUT2D eigenvalue weighted by atomic mass is 32.2. The quantitative estimate of drug-likeness (QED) is 0.580. The second-order valence-electron chi connectivity index (χ2n) is 5.79. The van der Waals surface area contributed by atoms with Crippen LogP contribution in [-0.2, 0) is 27.9 Å². The van der Waals surface area contributed by atoms with Crippen molar-refractivity contribution < 1.29 is 27.4 Å². The van der Waals surface area contributed by atoms with E-state index in [9.17, 15) is 23.1 Å². The van der Waals surface area contributed by atoms with Crippen LogP contribution in [0.1, 0.15) is 28.9 Å². The van der Waals surface area contributed by atoms with Crippen molar-refractivity contribution >= 4 is 16.5 Å². The molecule has 0 saturated heterocycles. The predicted molar refractivity (Wildman–Crippen MR) is 90.0 cm³/mol. The molecule has 0 unspecified atom stereocenters. The molecule has 0 spiro atoms. The first-order chi connectivity index (χ1) is 12.4. The monoisotopic (exact) mass is 383 g/mol. The summed E-state index contributed by atoms with van der Waals surface area (Å²) in [5, 5.41) is 10.4. The molecule has 0 N–H and O–H groups in total. The zero-order valence-corrected chi connectivity index (χ0v) is 14.6. The number of rotatable bonds is 5. The topological polar surface area (TPSA) is 78.7 Å². The molecule has 0 aliphatic carbocycles. The average molecular weight is 383 g/mol. The molecular weight excluding hydrogens is 368 g/mol. The molecule has 1 aliphatic heterocycles. The van der Waals surface area contributed by atoms with E-state index in [1.807, 2.05) is 0 Å². The van der Waals surface area contributed by atoms with Crippen molar-refractivity contribution in [1.82, 2.24) is 0 Å². The van der Waals surface area contributed by atoms with Crippen molar-refractivity contribution in [2.45, 2.75) is 24.5 Å². The lowest BCUT2D eigenvalue weighted by Crippen LogP contribution is -2.15. The van der Waals surface area contributed by atoms with Crippen molar-refractivity contribution in [3.8, 4) is 5.75 Å². The van der Waals surface area contributed by atoms with Gasteiger partial charge in [-0.25, -0.2) is 8.78 Å². The zero-order valence-electron chi connectivity index (χ0n) is 13.7. The summed E-state index contributed by atoms with van der Waals surface area (Å²) < 4.78 is 50.2. The third-order valence-corrected chi connectivity index (χ3v) is 5.71. The molecule has 3 rings (SSSR count). The molecule has 0 aromatic heterocycles. The van der Waals surface area contributed by atoms with Gasteiger partial charge in [0, 0.05) is 45.7 Å². The molecule has 0 fully saturated rings. The van der Waals surface area contributed by atoms with E-state index in [0.717, 1.165) is 12.1 Å². The van der Waals surface area contributed by atoms with Gasteiger partial charge < -0.3 is 9.47 Å². The van der Waals surface area contributed by atoms with Crippen LogP contribution in [-0.4, -0.2) is 15.9 Å². The Kier molecular flexibility index (Phi) is 5.28. The highest BCUT2D eigenvalue weighted by Crippen LogP contribution is 2.35. The molecule has 1 aliphatic rings. The second kappa shape index (κ2) is 7.46.